The summed E-state index contributed by atoms with van der Waals surface area (Å²) < 4.78 is 31.0. The lowest BCUT2D eigenvalue weighted by molar-refractivity contribution is -0.159. The van der Waals surface area contributed by atoms with Crippen molar-refractivity contribution in [3.8, 4) is 0 Å². The van der Waals surface area contributed by atoms with Crippen molar-refractivity contribution in [2.24, 2.45) is 5.92 Å². The third-order valence-corrected chi connectivity index (χ3v) is 13.4. The molecule has 5 N–H and O–H groups in total. The normalized spacial score (nSPS) is 11.9. The molecule has 5 amide bonds. The predicted molar refractivity (Wildman–Crippen MR) is 327 cm³/mol. The molecule has 22 heteroatoms. The molecule has 0 aromatic heterocycles. The average Bonchev–Trinajstić information content (AvgIpc) is 3.60. The smallest absolute Gasteiger partial charge is 0.334 e. The van der Waals surface area contributed by atoms with E-state index in [4.69, 9.17) is 38.1 Å². The fraction of sp³-hybridized carbons (Fsp3) is 0.516. The Hall–Kier alpha value is -6.82. The van der Waals surface area contributed by atoms with E-state index in [0.717, 1.165) is 88.4 Å². The van der Waals surface area contributed by atoms with Crippen molar-refractivity contribution in [2.75, 3.05) is 120 Å². The molecule has 0 bridgehead atoms. The third-order valence-electron chi connectivity index (χ3n) is 13.4. The van der Waals surface area contributed by atoms with Crippen LogP contribution in [0.3, 0.4) is 0 Å². The molecule has 0 aliphatic carbocycles. The highest BCUT2D eigenvalue weighted by Crippen LogP contribution is 2.17. The number of unbranched alkanes of at least 4 members (excludes halogenated alkanes) is 2. The molecule has 1 fully saturated rings. The Balaban J connectivity index is 0.000000523. The number of halogens is 1. The molecule has 86 heavy (non-hydrogen) atoms. The lowest BCUT2D eigenvalue weighted by Gasteiger charge is -2.22. The van der Waals surface area contributed by atoms with Crippen molar-refractivity contribution in [1.82, 2.24) is 31.8 Å². The molecule has 5 rings (SSSR count). The van der Waals surface area contributed by atoms with Crippen LogP contribution in [0.2, 0.25) is 0 Å². The van der Waals surface area contributed by atoms with Crippen molar-refractivity contribution in [1.29, 1.82) is 0 Å². The molecule has 0 radical (unpaired) electrons. The molecule has 4 aromatic carbocycles. The minimum absolute atomic E-state index is 0. The van der Waals surface area contributed by atoms with Gasteiger partial charge in [-0.3, -0.25) is 24.0 Å². The van der Waals surface area contributed by atoms with Gasteiger partial charge in [-0.2, -0.15) is 11.0 Å². The number of piperidine rings is 1. The van der Waals surface area contributed by atoms with E-state index in [1.54, 1.807) is 14.2 Å². The van der Waals surface area contributed by atoms with Gasteiger partial charge in [-0.1, -0.05) is 109 Å². The zero-order chi connectivity index (χ0) is 60.8. The number of hydroxylamine groups is 2. The fourth-order valence-corrected chi connectivity index (χ4v) is 8.68. The summed E-state index contributed by atoms with van der Waals surface area (Å²) in [5.74, 6) is -2.99. The number of rotatable bonds is 40. The third kappa shape index (κ3) is 36.2. The van der Waals surface area contributed by atoms with E-state index in [1.807, 2.05) is 60.7 Å². The number of amides is 5. The van der Waals surface area contributed by atoms with Crippen LogP contribution in [0.1, 0.15) is 84.7 Å². The number of carbonyl (C=O) groups is 7. The highest BCUT2D eigenvalue weighted by atomic mass is 35.5. The van der Waals surface area contributed by atoms with Crippen LogP contribution in [-0.4, -0.2) is 166 Å². The summed E-state index contributed by atoms with van der Waals surface area (Å²) in [5, 5.41) is 8.47. The van der Waals surface area contributed by atoms with E-state index in [9.17, 15) is 33.6 Å². The zero-order valence-electron chi connectivity index (χ0n) is 50.2. The first-order valence-electron chi connectivity index (χ1n) is 29.5. The second kappa shape index (κ2) is 47.3. The van der Waals surface area contributed by atoms with Crippen LogP contribution in [0.25, 0.3) is 0 Å². The average molecular weight is 1220 g/mol. The molecule has 0 atom stereocenters. The molecule has 1 aliphatic heterocycles. The SMILES string of the molecule is COCCOCCOCC(=O)NCCN(CC(=O)NCCC(=O)ONC(=O)Cc1ccc(CCCCc2ccccc2)cc1)C(=O)COCCOCCOC.Cl.O=C(Cc1ccc(CCCCc2ccccc2)cc1)NOC(=O)CC1CCNCC1. The summed E-state index contributed by atoms with van der Waals surface area (Å²) in [5.41, 5.74) is 11.3. The van der Waals surface area contributed by atoms with Crippen molar-refractivity contribution < 1.29 is 71.7 Å². The van der Waals surface area contributed by atoms with Gasteiger partial charge < -0.3 is 58.9 Å². The number of benzene rings is 4. The Morgan fingerprint density at radius 3 is 1.38 bits per heavy atom. The van der Waals surface area contributed by atoms with Crippen LogP contribution in [0, 0.1) is 5.92 Å². The minimum atomic E-state index is -0.750. The molecule has 0 spiro atoms. The topological polar surface area (TPSA) is 257 Å². The second-order valence-corrected chi connectivity index (χ2v) is 20.3. The summed E-state index contributed by atoms with van der Waals surface area (Å²) in [4.78, 5) is 97.2. The van der Waals surface area contributed by atoms with E-state index >= 15 is 0 Å². The molecule has 21 nitrogen and oxygen atoms in total. The van der Waals surface area contributed by atoms with Crippen LogP contribution in [0.15, 0.2) is 109 Å². The Morgan fingerprint density at radius 2 is 0.895 bits per heavy atom. The molecule has 4 aromatic rings. The van der Waals surface area contributed by atoms with Crippen molar-refractivity contribution in [2.45, 2.75) is 89.9 Å². The fourth-order valence-electron chi connectivity index (χ4n) is 8.68. The van der Waals surface area contributed by atoms with Crippen LogP contribution in [-0.2, 0) is 110 Å². The quantitative estimate of drug-likeness (QED) is 0.0278. The first-order valence-corrected chi connectivity index (χ1v) is 29.5. The minimum Gasteiger partial charge on any atom is -0.382 e. The van der Waals surface area contributed by atoms with Crippen molar-refractivity contribution >= 4 is 53.9 Å². The number of hydrogen-bond donors (Lipinski definition) is 5. The zero-order valence-corrected chi connectivity index (χ0v) is 51.0. The summed E-state index contributed by atoms with van der Waals surface area (Å²) in [6.45, 7) is 3.61. The highest BCUT2D eigenvalue weighted by molar-refractivity contribution is 5.86. The Bertz CT molecular complexity index is 2490. The van der Waals surface area contributed by atoms with Crippen LogP contribution < -0.4 is 26.9 Å². The maximum atomic E-state index is 12.9. The van der Waals surface area contributed by atoms with E-state index in [1.165, 1.54) is 27.2 Å². The summed E-state index contributed by atoms with van der Waals surface area (Å²) in [6, 6.07) is 36.8. The molecular formula is C64H91ClN6O15. The molecule has 474 valence electrons. The van der Waals surface area contributed by atoms with E-state index in [-0.39, 0.29) is 103 Å². The summed E-state index contributed by atoms with van der Waals surface area (Å²) in [6.07, 6.45) is 10.9. The first kappa shape index (κ1) is 73.4. The second-order valence-electron chi connectivity index (χ2n) is 20.3. The van der Waals surface area contributed by atoms with Gasteiger partial charge in [0.1, 0.15) is 13.2 Å². The standard InChI is InChI=1S/C39H58N4O12.C25H32N2O3.ClH/c1-49-20-22-51-24-26-53-30-37(46)41-18-19-43(38(47)31-54-27-25-52-23-21-50-2)29-36(45)40-17-16-39(48)55-42-35(44)28-34-14-12-33(13-15-34)11-7-6-10-32-8-4-3-5-9-32;28-24(27-30-25(29)19-23-14-16-26-17-15-23)18-22-12-10-21(11-13-22)9-5-4-8-20-6-2-1-3-7-20;/h3-5,8-9,12-15H,6-7,10-11,16-31H2,1-2H3,(H,40,45)(H,41,46)(H,42,44);1-3,6-7,10-13,23,26H,4-5,8-9,14-19H2,(H,27,28);1H. The summed E-state index contributed by atoms with van der Waals surface area (Å²) in [7, 11) is 3.13. The number of nitrogens with one attached hydrogen (secondary N) is 5. The van der Waals surface area contributed by atoms with Gasteiger partial charge in [0.2, 0.25) is 17.7 Å². The lowest BCUT2D eigenvalue weighted by Crippen LogP contribution is -2.46. The molecular weight excluding hydrogens is 1130 g/mol. The van der Waals surface area contributed by atoms with Crippen LogP contribution >= 0.6 is 12.4 Å². The molecule has 0 saturated carbocycles. The Morgan fingerprint density at radius 1 is 0.477 bits per heavy atom. The van der Waals surface area contributed by atoms with E-state index in [0.29, 0.717) is 45.4 Å². The van der Waals surface area contributed by atoms with Gasteiger partial charge in [0.05, 0.1) is 85.1 Å². The van der Waals surface area contributed by atoms with Gasteiger partial charge in [-0.25, -0.2) is 9.59 Å². The maximum absolute atomic E-state index is 12.9. The van der Waals surface area contributed by atoms with Gasteiger partial charge in [0, 0.05) is 33.9 Å². The Kier molecular flexibility index (Phi) is 40.4. The van der Waals surface area contributed by atoms with Gasteiger partial charge in [-0.05, 0) is 117 Å². The van der Waals surface area contributed by atoms with Gasteiger partial charge in [0.25, 0.3) is 11.8 Å². The maximum Gasteiger partial charge on any atom is 0.334 e. The van der Waals surface area contributed by atoms with Crippen LogP contribution in [0.5, 0.6) is 0 Å². The molecule has 0 unspecified atom stereocenters. The summed E-state index contributed by atoms with van der Waals surface area (Å²) >= 11 is 0. The molecule has 1 aliphatic rings. The number of ether oxygens (including phenoxy) is 6. The molecule has 1 heterocycles. The van der Waals surface area contributed by atoms with Gasteiger partial charge in [0.15, 0.2) is 0 Å². The largest absolute Gasteiger partial charge is 0.382 e. The monoisotopic (exact) mass is 1220 g/mol. The van der Waals surface area contributed by atoms with Crippen molar-refractivity contribution in [3.63, 3.8) is 0 Å². The van der Waals surface area contributed by atoms with E-state index in [2.05, 4.69) is 75.4 Å². The van der Waals surface area contributed by atoms with Crippen LogP contribution in [0.4, 0.5) is 0 Å². The van der Waals surface area contributed by atoms with Gasteiger partial charge >= 0.3 is 11.9 Å². The van der Waals surface area contributed by atoms with E-state index < -0.39 is 29.6 Å². The van der Waals surface area contributed by atoms with Gasteiger partial charge in [-0.15, -0.1) is 12.4 Å². The number of methoxy groups -OCH3 is 2. The predicted octanol–water partition coefficient (Wildman–Crippen LogP) is 5.36. The number of carbonyl (C=O) groups excluding carboxylic acids is 7. The van der Waals surface area contributed by atoms with Crippen molar-refractivity contribution in [3.05, 3.63) is 143 Å². The first-order chi connectivity index (χ1) is 41.5. The number of aryl methyl sites for hydroxylation is 4. The number of hydrogen-bond acceptors (Lipinski definition) is 16. The lowest BCUT2D eigenvalue weighted by atomic mass is 9.95. The Labute approximate surface area is 513 Å². The number of nitrogens with zero attached hydrogens (tertiary/aromatic N) is 1. The molecule has 1 saturated heterocycles. The highest BCUT2D eigenvalue weighted by Gasteiger charge is 2.20.